The lowest BCUT2D eigenvalue weighted by Crippen LogP contribution is -2.26. The number of anilines is 2. The van der Waals surface area contributed by atoms with Crippen LogP contribution in [-0.4, -0.2) is 42.2 Å². The van der Waals surface area contributed by atoms with Gasteiger partial charge in [0.1, 0.15) is 11.4 Å². The Labute approximate surface area is 193 Å². The van der Waals surface area contributed by atoms with Gasteiger partial charge >= 0.3 is 12.7 Å². The van der Waals surface area contributed by atoms with E-state index in [2.05, 4.69) is 19.8 Å². The normalized spacial score (nSPS) is 10.9. The van der Waals surface area contributed by atoms with Crippen LogP contribution < -0.4 is 15.0 Å². The highest BCUT2D eigenvalue weighted by Crippen LogP contribution is 2.26. The molecule has 2 aromatic carbocycles. The maximum absolute atomic E-state index is 13.1. The maximum Gasteiger partial charge on any atom is 0.411 e. The largest absolute Gasteiger partial charge is 0.453 e. The van der Waals surface area contributed by atoms with Crippen LogP contribution in [0.25, 0.3) is 16.9 Å². The third-order valence-electron chi connectivity index (χ3n) is 5.10. The van der Waals surface area contributed by atoms with E-state index in [0.717, 1.165) is 11.3 Å². The Kier molecular flexibility index (Phi) is 6.39. The zero-order valence-corrected chi connectivity index (χ0v) is 18.2. The van der Waals surface area contributed by atoms with Crippen LogP contribution in [0.4, 0.5) is 25.0 Å². The van der Waals surface area contributed by atoms with Crippen LogP contribution in [0.5, 0.6) is 5.75 Å². The van der Waals surface area contributed by atoms with Crippen LogP contribution in [0.2, 0.25) is 0 Å². The Bertz CT molecular complexity index is 1340. The summed E-state index contributed by atoms with van der Waals surface area (Å²) in [6.07, 6.45) is 2.78. The summed E-state index contributed by atoms with van der Waals surface area (Å²) in [6.45, 7) is -2.95. The van der Waals surface area contributed by atoms with Crippen LogP contribution in [0, 0.1) is 0 Å². The Morgan fingerprint density at radius 3 is 2.56 bits per heavy atom. The highest BCUT2D eigenvalue weighted by Gasteiger charge is 2.17. The van der Waals surface area contributed by atoms with E-state index in [1.54, 1.807) is 54.2 Å². The number of hydrogen-bond donors (Lipinski definition) is 1. The summed E-state index contributed by atoms with van der Waals surface area (Å²) in [7, 11) is 2.84. The zero-order valence-electron chi connectivity index (χ0n) is 18.2. The molecule has 2 heterocycles. The second-order valence-electron chi connectivity index (χ2n) is 7.22. The van der Waals surface area contributed by atoms with E-state index in [1.807, 2.05) is 12.1 Å². The molecule has 0 fully saturated rings. The molecule has 2 amide bonds. The van der Waals surface area contributed by atoms with E-state index >= 15 is 0 Å². The second-order valence-corrected chi connectivity index (χ2v) is 7.22. The third kappa shape index (κ3) is 4.80. The van der Waals surface area contributed by atoms with E-state index in [1.165, 1.54) is 30.2 Å². The van der Waals surface area contributed by atoms with Gasteiger partial charge in [-0.25, -0.2) is 9.78 Å². The van der Waals surface area contributed by atoms with Gasteiger partial charge in [-0.15, -0.1) is 0 Å². The quantitative estimate of drug-likeness (QED) is 0.430. The van der Waals surface area contributed by atoms with Gasteiger partial charge in [0, 0.05) is 36.2 Å². The van der Waals surface area contributed by atoms with Gasteiger partial charge in [-0.2, -0.15) is 8.78 Å². The number of methoxy groups -OCH3 is 1. The molecule has 2 aromatic heterocycles. The fourth-order valence-electron chi connectivity index (χ4n) is 3.39. The van der Waals surface area contributed by atoms with Crippen molar-refractivity contribution in [2.24, 2.45) is 0 Å². The highest BCUT2D eigenvalue weighted by atomic mass is 19.3. The molecule has 4 rings (SSSR count). The fraction of sp³-hybridized carbons (Fsp3) is 0.125. The molecule has 0 radical (unpaired) electrons. The van der Waals surface area contributed by atoms with Gasteiger partial charge in [0.15, 0.2) is 0 Å². The number of hydrogen-bond acceptors (Lipinski definition) is 5. The standard InChI is InChI=1S/C24H20F2N4O4/c1-29(18-4-3-5-19(12-18)34-23(25)26)22(31)16-8-11-21-27-13-20(30(21)14-16)15-6-9-17(10-7-15)28-24(32)33-2/h3-14,23H,1-2H3,(H,28,32). The lowest BCUT2D eigenvalue weighted by atomic mass is 10.1. The number of carbonyl (C=O) groups excluding carboxylic acids is 2. The van der Waals surface area contributed by atoms with Gasteiger partial charge in [0.2, 0.25) is 0 Å². The molecule has 0 atom stereocenters. The molecule has 4 aromatic rings. The molecular weight excluding hydrogens is 446 g/mol. The fourth-order valence-corrected chi connectivity index (χ4v) is 3.39. The average molecular weight is 466 g/mol. The van der Waals surface area contributed by atoms with Gasteiger partial charge in [-0.3, -0.25) is 14.5 Å². The minimum absolute atomic E-state index is 0.0374. The molecular formula is C24H20F2N4O4. The van der Waals surface area contributed by atoms with Gasteiger partial charge < -0.3 is 14.4 Å². The summed E-state index contributed by atoms with van der Waals surface area (Å²) in [5.74, 6) is -0.377. The molecule has 174 valence electrons. The molecule has 0 saturated carbocycles. The molecule has 0 aliphatic heterocycles. The number of nitrogens with zero attached hydrogens (tertiary/aromatic N) is 3. The van der Waals surface area contributed by atoms with E-state index < -0.39 is 12.7 Å². The van der Waals surface area contributed by atoms with Crippen molar-refractivity contribution >= 4 is 29.0 Å². The summed E-state index contributed by atoms with van der Waals surface area (Å²) >= 11 is 0. The highest BCUT2D eigenvalue weighted by molar-refractivity contribution is 6.05. The molecule has 0 spiro atoms. The van der Waals surface area contributed by atoms with Crippen LogP contribution in [0.1, 0.15) is 10.4 Å². The number of imidazole rings is 1. The Morgan fingerprint density at radius 2 is 1.85 bits per heavy atom. The number of benzene rings is 2. The lowest BCUT2D eigenvalue weighted by Gasteiger charge is -2.18. The van der Waals surface area contributed by atoms with Crippen LogP contribution in [-0.2, 0) is 4.74 Å². The van der Waals surface area contributed by atoms with E-state index in [4.69, 9.17) is 0 Å². The number of aromatic nitrogens is 2. The first kappa shape index (κ1) is 22.7. The number of ether oxygens (including phenoxy) is 2. The molecule has 0 aliphatic rings. The molecule has 34 heavy (non-hydrogen) atoms. The molecule has 8 nitrogen and oxygen atoms in total. The predicted octanol–water partition coefficient (Wildman–Crippen LogP) is 5.06. The molecule has 0 unspecified atom stereocenters. The van der Waals surface area contributed by atoms with Gasteiger partial charge in [-0.1, -0.05) is 18.2 Å². The summed E-state index contributed by atoms with van der Waals surface area (Å²) in [5.41, 5.74) is 3.54. The van der Waals surface area contributed by atoms with Crippen LogP contribution in [0.3, 0.4) is 0 Å². The maximum atomic E-state index is 13.1. The first-order chi connectivity index (χ1) is 16.4. The Hall–Kier alpha value is -4.47. The number of fused-ring (bicyclic) bond motifs is 1. The van der Waals surface area contributed by atoms with Crippen molar-refractivity contribution in [2.75, 3.05) is 24.4 Å². The van der Waals surface area contributed by atoms with Crippen LogP contribution >= 0.6 is 0 Å². The number of rotatable bonds is 6. The molecule has 0 aliphatic carbocycles. The van der Waals surface area contributed by atoms with Crippen molar-refractivity contribution in [1.82, 2.24) is 9.38 Å². The number of halogens is 2. The predicted molar refractivity (Wildman–Crippen MR) is 122 cm³/mol. The molecule has 0 saturated heterocycles. The number of carbonyl (C=O) groups is 2. The number of alkyl halides is 2. The summed E-state index contributed by atoms with van der Waals surface area (Å²) < 4.78 is 35.8. The van der Waals surface area contributed by atoms with Crippen molar-refractivity contribution in [3.8, 4) is 17.0 Å². The van der Waals surface area contributed by atoms with Crippen molar-refractivity contribution in [1.29, 1.82) is 0 Å². The van der Waals surface area contributed by atoms with E-state index in [0.29, 0.717) is 22.6 Å². The van der Waals surface area contributed by atoms with Gasteiger partial charge in [0.05, 0.1) is 24.6 Å². The van der Waals surface area contributed by atoms with E-state index in [9.17, 15) is 18.4 Å². The van der Waals surface area contributed by atoms with Crippen molar-refractivity contribution in [3.05, 3.63) is 78.6 Å². The summed E-state index contributed by atoms with van der Waals surface area (Å²) in [5, 5.41) is 2.58. The minimum atomic E-state index is -2.95. The molecule has 0 bridgehead atoms. The minimum Gasteiger partial charge on any atom is -0.453 e. The zero-order chi connectivity index (χ0) is 24.2. The molecule has 1 N–H and O–H groups in total. The Morgan fingerprint density at radius 1 is 1.09 bits per heavy atom. The second kappa shape index (κ2) is 9.57. The first-order valence-electron chi connectivity index (χ1n) is 10.1. The number of nitrogens with one attached hydrogen (secondary N) is 1. The van der Waals surface area contributed by atoms with Crippen molar-refractivity contribution in [2.45, 2.75) is 6.61 Å². The van der Waals surface area contributed by atoms with E-state index in [-0.39, 0.29) is 11.7 Å². The van der Waals surface area contributed by atoms with Crippen molar-refractivity contribution < 1.29 is 27.8 Å². The average Bonchev–Trinajstić information content (AvgIpc) is 3.26. The first-order valence-corrected chi connectivity index (χ1v) is 10.1. The van der Waals surface area contributed by atoms with Gasteiger partial charge in [0.25, 0.3) is 5.91 Å². The van der Waals surface area contributed by atoms with Gasteiger partial charge in [-0.05, 0) is 36.4 Å². The number of amides is 2. The third-order valence-corrected chi connectivity index (χ3v) is 5.10. The Balaban J connectivity index is 1.61. The SMILES string of the molecule is COC(=O)Nc1ccc(-c2cnc3ccc(C(=O)N(C)c4cccc(OC(F)F)c4)cn23)cc1. The summed E-state index contributed by atoms with van der Waals surface area (Å²) in [6, 6.07) is 16.4. The monoisotopic (exact) mass is 466 g/mol. The van der Waals surface area contributed by atoms with Crippen molar-refractivity contribution in [3.63, 3.8) is 0 Å². The topological polar surface area (TPSA) is 85.2 Å². The molecule has 10 heteroatoms. The lowest BCUT2D eigenvalue weighted by molar-refractivity contribution is -0.0498. The summed E-state index contributed by atoms with van der Waals surface area (Å²) in [4.78, 5) is 30.2. The number of pyridine rings is 1. The van der Waals surface area contributed by atoms with Crippen LogP contribution in [0.15, 0.2) is 73.1 Å². The smallest absolute Gasteiger partial charge is 0.411 e.